The van der Waals surface area contributed by atoms with Crippen LogP contribution in [0.15, 0.2) is 109 Å². The average molecular weight is 963 g/mol. The van der Waals surface area contributed by atoms with Crippen LogP contribution in [0.1, 0.15) is 194 Å². The second-order valence-electron chi connectivity index (χ2n) is 18.8. The number of quaternary nitrogens is 1. The standard InChI is InChI=1S/C60H99NO8/c1-6-8-10-12-14-16-18-20-22-24-25-26-27-28-29-30-31-32-33-35-37-39-41-43-45-47-49-51-58(63)69-56(55-68-60(59(64)65)66-53-52-61(3,4)5)54-67-57(62)50-48-46-44-42-40-38-36-34-23-21-19-17-15-13-11-9-7-2/h8-11,14-17,20-23,25-26,28-29,36,38,56,60H,6-7,12-13,18-19,24,27,30-35,37,39-55H2,1-5H3/p+1/b10-8-,11-9-,16-14-,17-15-,22-20-,23-21-,26-25-,29-28-,38-36-. The average Bonchev–Trinajstić information content (AvgIpc) is 3.31. The van der Waals surface area contributed by atoms with Gasteiger partial charge in [0.05, 0.1) is 34.4 Å². The van der Waals surface area contributed by atoms with Gasteiger partial charge in [0, 0.05) is 12.8 Å². The minimum atomic E-state index is -1.52. The summed E-state index contributed by atoms with van der Waals surface area (Å²) in [4.78, 5) is 37.3. The minimum absolute atomic E-state index is 0.177. The molecule has 392 valence electrons. The van der Waals surface area contributed by atoms with Crippen molar-refractivity contribution in [1.82, 2.24) is 0 Å². The number of esters is 2. The van der Waals surface area contributed by atoms with E-state index in [1.165, 1.54) is 44.9 Å². The van der Waals surface area contributed by atoms with E-state index < -0.39 is 24.3 Å². The Kier molecular flexibility index (Phi) is 47.4. The summed E-state index contributed by atoms with van der Waals surface area (Å²) in [7, 11) is 5.95. The number of ether oxygens (including phenoxy) is 4. The number of carboxylic acid groups (broad SMARTS) is 1. The number of carbonyl (C=O) groups excluding carboxylic acids is 2. The van der Waals surface area contributed by atoms with Gasteiger partial charge in [-0.15, -0.1) is 0 Å². The first-order chi connectivity index (χ1) is 33.6. The van der Waals surface area contributed by atoms with Crippen molar-refractivity contribution in [2.24, 2.45) is 0 Å². The Morgan fingerprint density at radius 3 is 1.16 bits per heavy atom. The van der Waals surface area contributed by atoms with Crippen molar-refractivity contribution in [3.8, 4) is 0 Å². The third-order valence-corrected chi connectivity index (χ3v) is 11.0. The number of allylic oxidation sites excluding steroid dienone is 18. The van der Waals surface area contributed by atoms with Crippen LogP contribution in [0.25, 0.3) is 0 Å². The molecular formula is C60H100NO8+. The lowest BCUT2D eigenvalue weighted by atomic mass is 10.0. The molecule has 2 atom stereocenters. The molecule has 0 bridgehead atoms. The molecule has 0 spiro atoms. The van der Waals surface area contributed by atoms with Crippen molar-refractivity contribution in [2.45, 2.75) is 206 Å². The maximum atomic E-state index is 12.9. The number of hydrogen-bond donors (Lipinski definition) is 1. The molecule has 0 amide bonds. The lowest BCUT2D eigenvalue weighted by Crippen LogP contribution is -2.40. The smallest absolute Gasteiger partial charge is 0.361 e. The zero-order valence-corrected chi connectivity index (χ0v) is 44.4. The van der Waals surface area contributed by atoms with E-state index in [9.17, 15) is 19.5 Å². The second kappa shape index (κ2) is 50.3. The first-order valence-corrected chi connectivity index (χ1v) is 27.1. The molecule has 0 aromatic heterocycles. The van der Waals surface area contributed by atoms with E-state index in [0.717, 1.165) is 109 Å². The molecule has 0 fully saturated rings. The fraction of sp³-hybridized carbons (Fsp3) is 0.650. The van der Waals surface area contributed by atoms with E-state index >= 15 is 0 Å². The summed E-state index contributed by atoms with van der Waals surface area (Å²) in [6, 6.07) is 0. The summed E-state index contributed by atoms with van der Waals surface area (Å²) < 4.78 is 22.8. The molecule has 0 aromatic carbocycles. The van der Waals surface area contributed by atoms with Gasteiger partial charge in [0.1, 0.15) is 13.2 Å². The summed E-state index contributed by atoms with van der Waals surface area (Å²) in [6.45, 7) is 4.60. The molecule has 1 N–H and O–H groups in total. The number of likely N-dealkylation sites (N-methyl/N-ethyl adjacent to an activating group) is 1. The fourth-order valence-electron chi connectivity index (χ4n) is 6.91. The Morgan fingerprint density at radius 1 is 0.435 bits per heavy atom. The molecule has 9 nitrogen and oxygen atoms in total. The zero-order chi connectivity index (χ0) is 50.6. The predicted octanol–water partition coefficient (Wildman–Crippen LogP) is 15.6. The topological polar surface area (TPSA) is 108 Å². The number of carboxylic acids is 1. The quantitative estimate of drug-likeness (QED) is 0.0211. The van der Waals surface area contributed by atoms with Gasteiger partial charge in [0.15, 0.2) is 6.10 Å². The van der Waals surface area contributed by atoms with Gasteiger partial charge in [0.25, 0.3) is 6.29 Å². The highest BCUT2D eigenvalue weighted by Gasteiger charge is 2.25. The molecule has 0 rings (SSSR count). The third kappa shape index (κ3) is 51.6. The van der Waals surface area contributed by atoms with E-state index in [4.69, 9.17) is 18.9 Å². The van der Waals surface area contributed by atoms with Crippen LogP contribution in [0.4, 0.5) is 0 Å². The Hall–Kier alpha value is -4.05. The van der Waals surface area contributed by atoms with Gasteiger partial charge in [-0.3, -0.25) is 9.59 Å². The lowest BCUT2D eigenvalue weighted by molar-refractivity contribution is -0.870. The van der Waals surface area contributed by atoms with Crippen LogP contribution in [0.3, 0.4) is 0 Å². The molecule has 0 saturated heterocycles. The Morgan fingerprint density at radius 2 is 0.783 bits per heavy atom. The first kappa shape index (κ1) is 65.0. The van der Waals surface area contributed by atoms with Crippen LogP contribution in [0, 0.1) is 0 Å². The number of hydrogen-bond acceptors (Lipinski definition) is 7. The van der Waals surface area contributed by atoms with E-state index in [1.807, 2.05) is 21.1 Å². The highest BCUT2D eigenvalue weighted by atomic mass is 16.7. The SMILES string of the molecule is CC/C=C\C/C=C\C/C=C\C/C=C\C/C=C\CCCCCCCCCCCCCC(=O)OC(COC(=O)CCCCCC/C=C\C/C=C\C/C=C\C/C=C\CC)COC(OCC[N+](C)(C)C)C(=O)O. The van der Waals surface area contributed by atoms with Gasteiger partial charge >= 0.3 is 17.9 Å². The molecule has 0 radical (unpaired) electrons. The van der Waals surface area contributed by atoms with Crippen LogP contribution in [-0.4, -0.2) is 87.4 Å². The molecule has 0 aliphatic heterocycles. The minimum Gasteiger partial charge on any atom is -0.477 e. The largest absolute Gasteiger partial charge is 0.477 e. The number of rotatable bonds is 48. The number of carbonyl (C=O) groups is 3. The van der Waals surface area contributed by atoms with Gasteiger partial charge < -0.3 is 28.5 Å². The van der Waals surface area contributed by atoms with Gasteiger partial charge in [-0.2, -0.15) is 0 Å². The summed E-state index contributed by atoms with van der Waals surface area (Å²) in [5, 5.41) is 9.68. The number of aliphatic carboxylic acids is 1. The summed E-state index contributed by atoms with van der Waals surface area (Å²) in [5.41, 5.74) is 0. The van der Waals surface area contributed by atoms with Crippen LogP contribution < -0.4 is 0 Å². The number of unbranched alkanes of at least 4 members (excludes halogenated alkanes) is 15. The highest BCUT2D eigenvalue weighted by Crippen LogP contribution is 2.14. The van der Waals surface area contributed by atoms with Crippen molar-refractivity contribution in [3.05, 3.63) is 109 Å². The molecule has 0 aromatic rings. The fourth-order valence-corrected chi connectivity index (χ4v) is 6.91. The van der Waals surface area contributed by atoms with Crippen LogP contribution in [-0.2, 0) is 33.3 Å². The maximum Gasteiger partial charge on any atom is 0.361 e. The molecule has 0 heterocycles. The number of nitrogens with zero attached hydrogens (tertiary/aromatic N) is 1. The van der Waals surface area contributed by atoms with E-state index in [1.54, 1.807) is 0 Å². The van der Waals surface area contributed by atoms with Crippen molar-refractivity contribution >= 4 is 17.9 Å². The molecule has 0 aliphatic carbocycles. The van der Waals surface area contributed by atoms with E-state index in [0.29, 0.717) is 23.9 Å². The van der Waals surface area contributed by atoms with Crippen molar-refractivity contribution in [2.75, 3.05) is 47.5 Å². The van der Waals surface area contributed by atoms with Gasteiger partial charge in [0.2, 0.25) is 0 Å². The van der Waals surface area contributed by atoms with Crippen LogP contribution >= 0.6 is 0 Å². The normalized spacial score (nSPS) is 13.7. The van der Waals surface area contributed by atoms with Crippen molar-refractivity contribution in [3.63, 3.8) is 0 Å². The molecule has 9 heteroatoms. The monoisotopic (exact) mass is 963 g/mol. The van der Waals surface area contributed by atoms with Gasteiger partial charge in [-0.25, -0.2) is 4.79 Å². The highest BCUT2D eigenvalue weighted by molar-refractivity contribution is 5.71. The zero-order valence-electron chi connectivity index (χ0n) is 44.4. The van der Waals surface area contributed by atoms with Crippen LogP contribution in [0.2, 0.25) is 0 Å². The maximum absolute atomic E-state index is 12.9. The molecule has 0 saturated carbocycles. The Bertz CT molecular complexity index is 1490. The molecule has 0 aliphatic rings. The van der Waals surface area contributed by atoms with Crippen molar-refractivity contribution < 1.29 is 42.9 Å². The summed E-state index contributed by atoms with van der Waals surface area (Å²) in [5.74, 6) is -2.05. The lowest BCUT2D eigenvalue weighted by Gasteiger charge is -2.25. The predicted molar refractivity (Wildman–Crippen MR) is 290 cm³/mol. The summed E-state index contributed by atoms with van der Waals surface area (Å²) >= 11 is 0. The molecular weight excluding hydrogens is 863 g/mol. The molecule has 2 unspecified atom stereocenters. The van der Waals surface area contributed by atoms with E-state index in [2.05, 4.69) is 123 Å². The second-order valence-corrected chi connectivity index (χ2v) is 18.8. The van der Waals surface area contributed by atoms with Crippen molar-refractivity contribution in [1.29, 1.82) is 0 Å². The molecule has 69 heavy (non-hydrogen) atoms. The van der Waals surface area contributed by atoms with Gasteiger partial charge in [-0.05, 0) is 96.3 Å². The Balaban J connectivity index is 4.32. The van der Waals surface area contributed by atoms with Gasteiger partial charge in [-0.1, -0.05) is 194 Å². The van der Waals surface area contributed by atoms with E-state index in [-0.39, 0.29) is 38.6 Å². The Labute approximate surface area is 422 Å². The van der Waals surface area contributed by atoms with Crippen LogP contribution in [0.5, 0.6) is 0 Å². The third-order valence-electron chi connectivity index (χ3n) is 11.0. The summed E-state index contributed by atoms with van der Waals surface area (Å²) in [6.07, 6.45) is 65.8. The first-order valence-electron chi connectivity index (χ1n) is 27.1.